The van der Waals surface area contributed by atoms with Crippen molar-refractivity contribution in [3.8, 4) is 5.75 Å². The predicted molar refractivity (Wildman–Crippen MR) is 142 cm³/mol. The van der Waals surface area contributed by atoms with Gasteiger partial charge in [-0.2, -0.15) is 0 Å². The van der Waals surface area contributed by atoms with Gasteiger partial charge < -0.3 is 9.72 Å². The smallest absolute Gasteiger partial charge is 0.252 e. The van der Waals surface area contributed by atoms with E-state index in [0.717, 1.165) is 40.0 Å². The van der Waals surface area contributed by atoms with E-state index in [1.807, 2.05) is 35.0 Å². The molecule has 0 radical (unpaired) electrons. The quantitative estimate of drug-likeness (QED) is 0.373. The molecule has 0 bridgehead atoms. The highest BCUT2D eigenvalue weighted by atomic mass is 16.5. The third-order valence-corrected chi connectivity index (χ3v) is 6.73. The van der Waals surface area contributed by atoms with Gasteiger partial charge in [0.15, 0.2) is 5.82 Å². The Morgan fingerprint density at radius 1 is 1.06 bits per heavy atom. The van der Waals surface area contributed by atoms with E-state index in [1.54, 1.807) is 7.11 Å². The molecule has 0 aliphatic rings. The fourth-order valence-corrected chi connectivity index (χ4v) is 4.67. The minimum absolute atomic E-state index is 0.0824. The molecule has 0 saturated carbocycles. The van der Waals surface area contributed by atoms with Gasteiger partial charge in [-0.15, -0.1) is 5.10 Å². The van der Waals surface area contributed by atoms with Gasteiger partial charge in [-0.3, -0.25) is 9.69 Å². The van der Waals surface area contributed by atoms with Crippen LogP contribution >= 0.6 is 0 Å². The zero-order valence-electron chi connectivity index (χ0n) is 22.3. The van der Waals surface area contributed by atoms with Crippen LogP contribution in [0.5, 0.6) is 5.75 Å². The normalized spacial score (nSPS) is 12.9. The van der Waals surface area contributed by atoms with Crippen molar-refractivity contribution in [3.05, 3.63) is 80.9 Å². The first-order valence-electron chi connectivity index (χ1n) is 12.4. The number of fused-ring (bicyclic) bond motifs is 1. The summed E-state index contributed by atoms with van der Waals surface area (Å²) in [6.45, 7) is 13.5. The second-order valence-corrected chi connectivity index (χ2v) is 10.4. The van der Waals surface area contributed by atoms with Gasteiger partial charge in [0, 0.05) is 29.7 Å². The number of pyridine rings is 1. The summed E-state index contributed by atoms with van der Waals surface area (Å²) in [5, 5.41) is 13.8. The molecule has 0 spiro atoms. The van der Waals surface area contributed by atoms with E-state index in [9.17, 15) is 4.79 Å². The van der Waals surface area contributed by atoms with Crippen LogP contribution in [-0.2, 0) is 18.6 Å². The van der Waals surface area contributed by atoms with E-state index in [4.69, 9.17) is 4.74 Å². The molecule has 2 heterocycles. The summed E-state index contributed by atoms with van der Waals surface area (Å²) in [6, 6.07) is 14.0. The Hall–Kier alpha value is -3.52. The molecule has 4 aromatic rings. The lowest BCUT2D eigenvalue weighted by molar-refractivity contribution is 0.152. The topological polar surface area (TPSA) is 88.9 Å². The SMILES string of the molecule is CC[C@H](c1nnnn1C(C)(C)C)N(Cc1ccccc1OC)Cc1cc2cc(C)c(C)cc2[nH]c1=O. The highest BCUT2D eigenvalue weighted by Crippen LogP contribution is 2.31. The molecular weight excluding hydrogens is 452 g/mol. The van der Waals surface area contributed by atoms with Crippen molar-refractivity contribution < 1.29 is 4.74 Å². The number of aromatic nitrogens is 5. The zero-order valence-corrected chi connectivity index (χ0v) is 22.3. The van der Waals surface area contributed by atoms with E-state index < -0.39 is 0 Å². The van der Waals surface area contributed by atoms with Crippen LogP contribution in [0.1, 0.15) is 68.2 Å². The van der Waals surface area contributed by atoms with Crippen molar-refractivity contribution in [1.82, 2.24) is 30.1 Å². The molecular formula is C28H36N6O2. The molecule has 0 unspecified atom stereocenters. The molecule has 4 rings (SSSR count). The number of hydrogen-bond donors (Lipinski definition) is 1. The summed E-state index contributed by atoms with van der Waals surface area (Å²) in [6.07, 6.45) is 0.773. The average Bonchev–Trinajstić information content (AvgIpc) is 3.32. The summed E-state index contributed by atoms with van der Waals surface area (Å²) in [7, 11) is 1.68. The molecule has 0 aliphatic heterocycles. The Kier molecular flexibility index (Phi) is 7.26. The fourth-order valence-electron chi connectivity index (χ4n) is 4.67. The number of rotatable bonds is 8. The summed E-state index contributed by atoms with van der Waals surface area (Å²) in [5.41, 5.74) is 4.59. The van der Waals surface area contributed by atoms with Gasteiger partial charge in [-0.1, -0.05) is 25.1 Å². The van der Waals surface area contributed by atoms with Gasteiger partial charge in [-0.05, 0) is 92.2 Å². The van der Waals surface area contributed by atoms with E-state index in [0.29, 0.717) is 18.7 Å². The van der Waals surface area contributed by atoms with Gasteiger partial charge in [0.25, 0.3) is 5.56 Å². The summed E-state index contributed by atoms with van der Waals surface area (Å²) in [4.78, 5) is 18.6. The summed E-state index contributed by atoms with van der Waals surface area (Å²) < 4.78 is 7.53. The molecule has 8 heteroatoms. The summed E-state index contributed by atoms with van der Waals surface area (Å²) >= 11 is 0. The van der Waals surface area contributed by atoms with Gasteiger partial charge in [0.05, 0.1) is 18.7 Å². The number of nitrogens with one attached hydrogen (secondary N) is 1. The molecule has 36 heavy (non-hydrogen) atoms. The first-order valence-corrected chi connectivity index (χ1v) is 12.4. The molecule has 0 aliphatic carbocycles. The monoisotopic (exact) mass is 488 g/mol. The van der Waals surface area contributed by atoms with Crippen molar-refractivity contribution in [3.63, 3.8) is 0 Å². The van der Waals surface area contributed by atoms with Gasteiger partial charge in [0.1, 0.15) is 5.75 Å². The van der Waals surface area contributed by atoms with E-state index >= 15 is 0 Å². The van der Waals surface area contributed by atoms with Crippen LogP contribution in [0, 0.1) is 13.8 Å². The molecule has 1 N–H and O–H groups in total. The van der Waals surface area contributed by atoms with Crippen molar-refractivity contribution in [2.24, 2.45) is 0 Å². The second-order valence-electron chi connectivity index (χ2n) is 10.4. The Morgan fingerprint density at radius 3 is 2.44 bits per heavy atom. The third kappa shape index (κ3) is 5.18. The second kappa shape index (κ2) is 10.2. The van der Waals surface area contributed by atoms with Crippen LogP contribution in [0.25, 0.3) is 10.9 Å². The lowest BCUT2D eigenvalue weighted by Gasteiger charge is -2.32. The summed E-state index contributed by atoms with van der Waals surface area (Å²) in [5.74, 6) is 1.59. The average molecular weight is 489 g/mol. The predicted octanol–water partition coefficient (Wildman–Crippen LogP) is 5.05. The zero-order chi connectivity index (χ0) is 26.0. The largest absolute Gasteiger partial charge is 0.496 e. The first-order chi connectivity index (χ1) is 17.1. The molecule has 2 aromatic heterocycles. The van der Waals surface area contributed by atoms with Crippen molar-refractivity contribution in [1.29, 1.82) is 0 Å². The number of tetrazole rings is 1. The molecule has 1 atom stereocenters. The van der Waals surface area contributed by atoms with Gasteiger partial charge >= 0.3 is 0 Å². The first kappa shape index (κ1) is 25.6. The number of nitrogens with zero attached hydrogens (tertiary/aromatic N) is 5. The molecule has 2 aromatic carbocycles. The molecule has 0 amide bonds. The van der Waals surface area contributed by atoms with Crippen molar-refractivity contribution >= 4 is 10.9 Å². The van der Waals surface area contributed by atoms with Crippen molar-refractivity contribution in [2.75, 3.05) is 7.11 Å². The maximum Gasteiger partial charge on any atom is 0.252 e. The lowest BCUT2D eigenvalue weighted by Crippen LogP contribution is -2.35. The highest BCUT2D eigenvalue weighted by molar-refractivity contribution is 5.80. The van der Waals surface area contributed by atoms with Crippen LogP contribution < -0.4 is 10.3 Å². The maximum atomic E-state index is 13.2. The Balaban J connectivity index is 1.81. The number of ether oxygens (including phenoxy) is 1. The Bertz CT molecular complexity index is 1420. The van der Waals surface area contributed by atoms with Crippen LogP contribution in [0.2, 0.25) is 0 Å². The Labute approximate surface area is 212 Å². The highest BCUT2D eigenvalue weighted by Gasteiger charge is 2.30. The van der Waals surface area contributed by atoms with Crippen LogP contribution in [0.4, 0.5) is 0 Å². The maximum absolute atomic E-state index is 13.2. The number of benzene rings is 2. The number of hydrogen-bond acceptors (Lipinski definition) is 6. The van der Waals surface area contributed by atoms with E-state index in [2.05, 4.69) is 79.1 Å². The van der Waals surface area contributed by atoms with E-state index in [1.165, 1.54) is 5.56 Å². The number of aromatic amines is 1. The van der Waals surface area contributed by atoms with Crippen LogP contribution in [0.3, 0.4) is 0 Å². The lowest BCUT2D eigenvalue weighted by atomic mass is 10.0. The molecule has 0 saturated heterocycles. The van der Waals surface area contributed by atoms with Crippen LogP contribution in [0.15, 0.2) is 47.3 Å². The fraction of sp³-hybridized carbons (Fsp3) is 0.429. The minimum atomic E-state index is -0.280. The van der Waals surface area contributed by atoms with Crippen LogP contribution in [-0.4, -0.2) is 37.2 Å². The minimum Gasteiger partial charge on any atom is -0.496 e. The number of H-pyrrole nitrogens is 1. The molecule has 8 nitrogen and oxygen atoms in total. The van der Waals surface area contributed by atoms with E-state index in [-0.39, 0.29) is 17.1 Å². The molecule has 0 fully saturated rings. The standard InChI is InChI=1S/C28H36N6O2/c1-8-24(26-30-31-32-34(26)28(4,5)6)33(16-20-11-9-10-12-25(20)36-7)17-22-15-21-13-18(2)19(3)14-23(21)29-27(22)35/h9-15,24H,8,16-17H2,1-7H3,(H,29,35)/t24-/m1/s1. The number of methoxy groups -OCH3 is 1. The Morgan fingerprint density at radius 2 is 1.75 bits per heavy atom. The van der Waals surface area contributed by atoms with Gasteiger partial charge in [-0.25, -0.2) is 4.68 Å². The third-order valence-electron chi connectivity index (χ3n) is 6.73. The van der Waals surface area contributed by atoms with Gasteiger partial charge in [0.2, 0.25) is 0 Å². The van der Waals surface area contributed by atoms with Crippen molar-refractivity contribution in [2.45, 2.75) is 72.6 Å². The number of aryl methyl sites for hydroxylation is 2. The number of para-hydroxylation sites is 1. The molecule has 190 valence electrons.